The first-order valence-electron chi connectivity index (χ1n) is 6.95. The Balaban J connectivity index is 1.74. The van der Waals surface area contributed by atoms with Crippen molar-refractivity contribution in [2.24, 2.45) is 0 Å². The highest BCUT2D eigenvalue weighted by molar-refractivity contribution is 7.10. The molecule has 0 fully saturated rings. The highest BCUT2D eigenvalue weighted by Crippen LogP contribution is 2.32. The van der Waals surface area contributed by atoms with E-state index in [2.05, 4.69) is 18.4 Å². The standard InChI is InChI=1S/C17H16ClNOS/c1-12-15-8-10-21-16(15)7-9-19(12)17(20)6-5-13-3-2-4-14(18)11-13/h2-6,8,10-12H,7,9H2,1H3/b6-5+/t12-/m0/s1. The molecule has 0 radical (unpaired) electrons. The van der Waals surface area contributed by atoms with E-state index >= 15 is 0 Å². The van der Waals surface area contributed by atoms with E-state index in [1.807, 2.05) is 35.2 Å². The maximum atomic E-state index is 12.4. The van der Waals surface area contributed by atoms with Crippen LogP contribution in [0, 0.1) is 0 Å². The van der Waals surface area contributed by atoms with E-state index in [1.165, 1.54) is 10.4 Å². The minimum atomic E-state index is 0.0549. The monoisotopic (exact) mass is 317 g/mol. The smallest absolute Gasteiger partial charge is 0.247 e. The first-order valence-corrected chi connectivity index (χ1v) is 8.21. The minimum Gasteiger partial charge on any atom is -0.332 e. The summed E-state index contributed by atoms with van der Waals surface area (Å²) in [5.74, 6) is 0.0549. The third-order valence-corrected chi connectivity index (χ3v) is 5.06. The van der Waals surface area contributed by atoms with Gasteiger partial charge in [0.25, 0.3) is 0 Å². The van der Waals surface area contributed by atoms with Crippen molar-refractivity contribution in [3.63, 3.8) is 0 Å². The van der Waals surface area contributed by atoms with Gasteiger partial charge in [-0.3, -0.25) is 4.79 Å². The summed E-state index contributed by atoms with van der Waals surface area (Å²) in [5.41, 5.74) is 2.23. The van der Waals surface area contributed by atoms with Gasteiger partial charge >= 0.3 is 0 Å². The molecule has 1 amide bonds. The van der Waals surface area contributed by atoms with Gasteiger partial charge in [-0.15, -0.1) is 11.3 Å². The van der Waals surface area contributed by atoms with Crippen LogP contribution in [0.4, 0.5) is 0 Å². The maximum Gasteiger partial charge on any atom is 0.247 e. The zero-order valence-electron chi connectivity index (χ0n) is 11.8. The Morgan fingerprint density at radius 2 is 2.29 bits per heavy atom. The average molecular weight is 318 g/mol. The van der Waals surface area contributed by atoms with Crippen LogP contribution in [0.15, 0.2) is 41.8 Å². The number of carbonyl (C=O) groups is 1. The third-order valence-electron chi connectivity index (χ3n) is 3.83. The minimum absolute atomic E-state index is 0.0549. The second-order valence-electron chi connectivity index (χ2n) is 5.15. The molecule has 0 N–H and O–H groups in total. The van der Waals surface area contributed by atoms with Crippen LogP contribution in [0.2, 0.25) is 5.02 Å². The van der Waals surface area contributed by atoms with Gasteiger partial charge < -0.3 is 4.90 Å². The lowest BCUT2D eigenvalue weighted by Gasteiger charge is -2.32. The van der Waals surface area contributed by atoms with Crippen molar-refractivity contribution in [3.05, 3.63) is 62.8 Å². The Kier molecular flexibility index (Phi) is 4.13. The van der Waals surface area contributed by atoms with E-state index < -0.39 is 0 Å². The van der Waals surface area contributed by atoms with Gasteiger partial charge in [-0.25, -0.2) is 0 Å². The van der Waals surface area contributed by atoms with E-state index in [-0.39, 0.29) is 11.9 Å². The summed E-state index contributed by atoms with van der Waals surface area (Å²) in [4.78, 5) is 15.7. The first-order chi connectivity index (χ1) is 10.1. The Hall–Kier alpha value is -1.58. The largest absolute Gasteiger partial charge is 0.332 e. The van der Waals surface area contributed by atoms with Gasteiger partial charge in [0, 0.05) is 22.5 Å². The lowest BCUT2D eigenvalue weighted by molar-refractivity contribution is -0.128. The molecule has 1 atom stereocenters. The number of thiophene rings is 1. The summed E-state index contributed by atoms with van der Waals surface area (Å²) in [6.45, 7) is 2.88. The van der Waals surface area contributed by atoms with Crippen LogP contribution >= 0.6 is 22.9 Å². The molecular formula is C17H16ClNOS. The van der Waals surface area contributed by atoms with E-state index in [0.29, 0.717) is 5.02 Å². The van der Waals surface area contributed by atoms with Crippen LogP contribution in [-0.2, 0) is 11.2 Å². The van der Waals surface area contributed by atoms with E-state index in [0.717, 1.165) is 18.5 Å². The number of nitrogens with zero attached hydrogens (tertiary/aromatic N) is 1. The molecule has 0 aliphatic carbocycles. The van der Waals surface area contributed by atoms with Gasteiger partial charge in [0.15, 0.2) is 0 Å². The summed E-state index contributed by atoms with van der Waals surface area (Å²) in [6.07, 6.45) is 4.41. The second-order valence-corrected chi connectivity index (χ2v) is 6.58. The Morgan fingerprint density at radius 3 is 3.10 bits per heavy atom. The molecule has 1 aromatic carbocycles. The summed E-state index contributed by atoms with van der Waals surface area (Å²) in [5, 5.41) is 2.79. The number of halogens is 1. The molecule has 2 nitrogen and oxygen atoms in total. The molecule has 4 heteroatoms. The van der Waals surface area contributed by atoms with Crippen molar-refractivity contribution in [2.75, 3.05) is 6.54 Å². The van der Waals surface area contributed by atoms with E-state index in [9.17, 15) is 4.79 Å². The van der Waals surface area contributed by atoms with Gasteiger partial charge in [0.05, 0.1) is 6.04 Å². The van der Waals surface area contributed by atoms with Gasteiger partial charge in [0.1, 0.15) is 0 Å². The maximum absolute atomic E-state index is 12.4. The number of hydrogen-bond acceptors (Lipinski definition) is 2. The predicted octanol–water partition coefficient (Wildman–Crippen LogP) is 4.56. The predicted molar refractivity (Wildman–Crippen MR) is 88.6 cm³/mol. The molecule has 2 heterocycles. The van der Waals surface area contributed by atoms with Crippen LogP contribution in [0.3, 0.4) is 0 Å². The number of hydrogen-bond donors (Lipinski definition) is 0. The highest BCUT2D eigenvalue weighted by Gasteiger charge is 2.26. The summed E-state index contributed by atoms with van der Waals surface area (Å²) in [7, 11) is 0. The van der Waals surface area contributed by atoms with Gasteiger partial charge in [-0.2, -0.15) is 0 Å². The van der Waals surface area contributed by atoms with Crippen molar-refractivity contribution in [3.8, 4) is 0 Å². The molecule has 1 aliphatic heterocycles. The molecule has 3 rings (SSSR count). The molecule has 108 valence electrons. The zero-order valence-corrected chi connectivity index (χ0v) is 13.3. The number of fused-ring (bicyclic) bond motifs is 1. The zero-order chi connectivity index (χ0) is 14.8. The quantitative estimate of drug-likeness (QED) is 0.743. The average Bonchev–Trinajstić information content (AvgIpc) is 2.95. The number of rotatable bonds is 2. The Labute approximate surface area is 133 Å². The molecule has 0 bridgehead atoms. The fraction of sp³-hybridized carbons (Fsp3) is 0.235. The fourth-order valence-electron chi connectivity index (χ4n) is 2.68. The van der Waals surface area contributed by atoms with Crippen molar-refractivity contribution in [1.82, 2.24) is 4.90 Å². The molecule has 0 spiro atoms. The van der Waals surface area contributed by atoms with Crippen LogP contribution < -0.4 is 0 Å². The molecule has 21 heavy (non-hydrogen) atoms. The fourth-order valence-corrected chi connectivity index (χ4v) is 3.85. The molecule has 0 saturated heterocycles. The summed E-state index contributed by atoms with van der Waals surface area (Å²) >= 11 is 7.73. The van der Waals surface area contributed by atoms with Gasteiger partial charge in [-0.1, -0.05) is 23.7 Å². The van der Waals surface area contributed by atoms with Gasteiger partial charge in [0.2, 0.25) is 5.91 Å². The number of benzene rings is 1. The normalized spacial score (nSPS) is 18.0. The van der Waals surface area contributed by atoms with E-state index in [1.54, 1.807) is 17.4 Å². The molecule has 1 aromatic heterocycles. The van der Waals surface area contributed by atoms with Crippen molar-refractivity contribution >= 4 is 34.9 Å². The molecule has 2 aromatic rings. The van der Waals surface area contributed by atoms with E-state index in [4.69, 9.17) is 11.6 Å². The first kappa shape index (κ1) is 14.4. The SMILES string of the molecule is C[C@H]1c2ccsc2CCN1C(=O)/C=C/c1cccc(Cl)c1. The van der Waals surface area contributed by atoms with Crippen molar-refractivity contribution in [1.29, 1.82) is 0 Å². The number of amides is 1. The van der Waals surface area contributed by atoms with Gasteiger partial charge in [-0.05, 0) is 54.1 Å². The summed E-state index contributed by atoms with van der Waals surface area (Å²) < 4.78 is 0. The molecule has 1 aliphatic rings. The Morgan fingerprint density at radius 1 is 1.43 bits per heavy atom. The van der Waals surface area contributed by atoms with Crippen molar-refractivity contribution < 1.29 is 4.79 Å². The molecule has 0 unspecified atom stereocenters. The van der Waals surface area contributed by atoms with Crippen LogP contribution in [0.1, 0.15) is 29.0 Å². The third kappa shape index (κ3) is 3.04. The van der Waals surface area contributed by atoms with Crippen LogP contribution in [-0.4, -0.2) is 17.4 Å². The topological polar surface area (TPSA) is 20.3 Å². The van der Waals surface area contributed by atoms with Crippen LogP contribution in [0.5, 0.6) is 0 Å². The Bertz CT molecular complexity index is 692. The van der Waals surface area contributed by atoms with Crippen molar-refractivity contribution in [2.45, 2.75) is 19.4 Å². The number of carbonyl (C=O) groups excluding carboxylic acids is 1. The lowest BCUT2D eigenvalue weighted by Crippen LogP contribution is -2.37. The lowest BCUT2D eigenvalue weighted by atomic mass is 10.0. The van der Waals surface area contributed by atoms with Crippen LogP contribution in [0.25, 0.3) is 6.08 Å². The molecular weight excluding hydrogens is 302 g/mol. The molecule has 0 saturated carbocycles. The highest BCUT2D eigenvalue weighted by atomic mass is 35.5. The second kappa shape index (κ2) is 6.04. The summed E-state index contributed by atoms with van der Waals surface area (Å²) in [6, 6.07) is 9.77.